The SMILES string of the molecule is Cc1ccccc1N1C(=O)NC(=O)/C(=C\c2cc(I)c(OCC(=O)O)c(I)c2)C1=O. The molecule has 154 valence electrons. The van der Waals surface area contributed by atoms with Crippen LogP contribution < -0.4 is 15.0 Å². The Morgan fingerprint density at radius 1 is 1.17 bits per heavy atom. The van der Waals surface area contributed by atoms with Crippen LogP contribution >= 0.6 is 45.2 Å². The molecule has 0 unspecified atom stereocenters. The molecule has 2 aromatic carbocycles. The van der Waals surface area contributed by atoms with Gasteiger partial charge in [0.15, 0.2) is 6.61 Å². The number of nitrogens with zero attached hydrogens (tertiary/aromatic N) is 1. The lowest BCUT2D eigenvalue weighted by atomic mass is 10.1. The molecule has 30 heavy (non-hydrogen) atoms. The van der Waals surface area contributed by atoms with E-state index in [1.165, 1.54) is 6.08 Å². The Balaban J connectivity index is 1.99. The van der Waals surface area contributed by atoms with Crippen LogP contribution in [0.25, 0.3) is 6.08 Å². The number of ether oxygens (including phenoxy) is 1. The third-order valence-corrected chi connectivity index (χ3v) is 5.73. The number of amides is 4. The monoisotopic (exact) mass is 632 g/mol. The van der Waals surface area contributed by atoms with E-state index in [1.54, 1.807) is 43.3 Å². The van der Waals surface area contributed by atoms with Gasteiger partial charge in [-0.15, -0.1) is 0 Å². The fourth-order valence-corrected chi connectivity index (χ4v) is 4.92. The second-order valence-electron chi connectivity index (χ2n) is 6.24. The van der Waals surface area contributed by atoms with Crippen molar-refractivity contribution in [2.75, 3.05) is 11.5 Å². The molecule has 2 aromatic rings. The number of carbonyl (C=O) groups is 4. The van der Waals surface area contributed by atoms with Crippen LogP contribution in [0, 0.1) is 14.1 Å². The Bertz CT molecular complexity index is 1090. The van der Waals surface area contributed by atoms with Gasteiger partial charge in [0.25, 0.3) is 11.8 Å². The van der Waals surface area contributed by atoms with Crippen LogP contribution in [0.4, 0.5) is 10.5 Å². The van der Waals surface area contributed by atoms with Gasteiger partial charge in [-0.2, -0.15) is 0 Å². The van der Waals surface area contributed by atoms with Gasteiger partial charge in [-0.1, -0.05) is 18.2 Å². The Kier molecular flexibility index (Phi) is 6.75. The van der Waals surface area contributed by atoms with Gasteiger partial charge in [-0.3, -0.25) is 14.9 Å². The summed E-state index contributed by atoms with van der Waals surface area (Å²) >= 11 is 3.96. The quantitative estimate of drug-likeness (QED) is 0.297. The lowest BCUT2D eigenvalue weighted by Crippen LogP contribution is -2.54. The predicted molar refractivity (Wildman–Crippen MR) is 125 cm³/mol. The number of rotatable bonds is 5. The number of halogens is 2. The standard InChI is InChI=1S/C20H14I2N2O6/c1-10-4-2-3-5-15(10)24-19(28)12(18(27)23-20(24)29)6-11-7-13(21)17(14(22)8-11)30-9-16(25)26/h2-8H,9H2,1H3,(H,25,26)(H,23,27,29)/b12-6+. The molecule has 1 aliphatic heterocycles. The molecule has 3 rings (SSSR count). The Morgan fingerprint density at radius 2 is 1.80 bits per heavy atom. The summed E-state index contributed by atoms with van der Waals surface area (Å²) in [5, 5.41) is 11.0. The minimum absolute atomic E-state index is 0.191. The molecule has 0 saturated carbocycles. The predicted octanol–water partition coefficient (Wildman–Crippen LogP) is 3.33. The van der Waals surface area contributed by atoms with Crippen molar-refractivity contribution in [3.8, 4) is 5.75 Å². The number of hydrogen-bond acceptors (Lipinski definition) is 5. The van der Waals surface area contributed by atoms with Gasteiger partial charge in [-0.25, -0.2) is 14.5 Å². The number of barbiturate groups is 1. The molecule has 1 fully saturated rings. The number of carboxylic acids is 1. The van der Waals surface area contributed by atoms with E-state index in [1.807, 2.05) is 45.2 Å². The van der Waals surface area contributed by atoms with Crippen molar-refractivity contribution >= 4 is 80.8 Å². The Hall–Kier alpha value is -2.48. The van der Waals surface area contributed by atoms with Crippen LogP contribution in [-0.2, 0) is 14.4 Å². The number of imide groups is 2. The van der Waals surface area contributed by atoms with Gasteiger partial charge in [-0.05, 0) is 87.5 Å². The summed E-state index contributed by atoms with van der Waals surface area (Å²) < 4.78 is 6.51. The maximum Gasteiger partial charge on any atom is 0.341 e. The highest BCUT2D eigenvalue weighted by molar-refractivity contribution is 14.1. The Labute approximate surface area is 198 Å². The molecule has 10 heteroatoms. The molecule has 0 atom stereocenters. The molecule has 1 aliphatic rings. The molecule has 2 N–H and O–H groups in total. The normalized spacial score (nSPS) is 15.4. The van der Waals surface area contributed by atoms with E-state index in [2.05, 4.69) is 5.32 Å². The Morgan fingerprint density at radius 3 is 2.40 bits per heavy atom. The van der Waals surface area contributed by atoms with E-state index in [0.29, 0.717) is 29.7 Å². The third-order valence-electron chi connectivity index (χ3n) is 4.13. The summed E-state index contributed by atoms with van der Waals surface area (Å²) in [6, 6.07) is 9.37. The van der Waals surface area contributed by atoms with Crippen molar-refractivity contribution in [2.24, 2.45) is 0 Å². The number of urea groups is 1. The van der Waals surface area contributed by atoms with Crippen molar-refractivity contribution in [3.05, 3.63) is 60.2 Å². The van der Waals surface area contributed by atoms with E-state index < -0.39 is 30.4 Å². The highest BCUT2D eigenvalue weighted by atomic mass is 127. The average molecular weight is 632 g/mol. The van der Waals surface area contributed by atoms with Crippen LogP contribution in [0.5, 0.6) is 5.75 Å². The van der Waals surface area contributed by atoms with Crippen molar-refractivity contribution in [3.63, 3.8) is 0 Å². The van der Waals surface area contributed by atoms with E-state index in [9.17, 15) is 19.2 Å². The van der Waals surface area contributed by atoms with E-state index >= 15 is 0 Å². The smallest absolute Gasteiger partial charge is 0.341 e. The third kappa shape index (κ3) is 4.64. The molecule has 0 bridgehead atoms. The van der Waals surface area contributed by atoms with Crippen molar-refractivity contribution in [1.29, 1.82) is 0 Å². The van der Waals surface area contributed by atoms with Gasteiger partial charge in [0, 0.05) is 0 Å². The fraction of sp³-hybridized carbons (Fsp3) is 0.100. The van der Waals surface area contributed by atoms with Crippen LogP contribution in [-0.4, -0.2) is 35.5 Å². The molecule has 1 heterocycles. The van der Waals surface area contributed by atoms with E-state index in [-0.39, 0.29) is 5.57 Å². The maximum absolute atomic E-state index is 13.0. The molecule has 0 spiro atoms. The molecule has 1 saturated heterocycles. The minimum Gasteiger partial charge on any atom is -0.480 e. The first-order valence-electron chi connectivity index (χ1n) is 8.49. The highest BCUT2D eigenvalue weighted by Crippen LogP contribution is 2.31. The first-order valence-corrected chi connectivity index (χ1v) is 10.7. The number of carboxylic acid groups (broad SMARTS) is 1. The lowest BCUT2D eigenvalue weighted by molar-refractivity contribution is -0.139. The van der Waals surface area contributed by atoms with Gasteiger partial charge >= 0.3 is 12.0 Å². The zero-order valence-corrected chi connectivity index (χ0v) is 19.8. The number of para-hydroxylation sites is 1. The summed E-state index contributed by atoms with van der Waals surface area (Å²) in [5.41, 5.74) is 1.44. The zero-order chi connectivity index (χ0) is 22.0. The second kappa shape index (κ2) is 9.12. The average Bonchev–Trinajstić information content (AvgIpc) is 2.65. The lowest BCUT2D eigenvalue weighted by Gasteiger charge is -2.27. The number of nitrogens with one attached hydrogen (secondary N) is 1. The van der Waals surface area contributed by atoms with E-state index in [4.69, 9.17) is 9.84 Å². The molecule has 0 radical (unpaired) electrons. The fourth-order valence-electron chi connectivity index (χ4n) is 2.79. The molecular weight excluding hydrogens is 618 g/mol. The zero-order valence-electron chi connectivity index (χ0n) is 15.4. The van der Waals surface area contributed by atoms with E-state index in [0.717, 1.165) is 4.90 Å². The maximum atomic E-state index is 13.0. The van der Waals surface area contributed by atoms with Crippen LogP contribution in [0.1, 0.15) is 11.1 Å². The van der Waals surface area contributed by atoms with Gasteiger partial charge in [0.05, 0.1) is 12.8 Å². The summed E-state index contributed by atoms with van der Waals surface area (Å²) in [6.07, 6.45) is 1.39. The number of anilines is 1. The summed E-state index contributed by atoms with van der Waals surface area (Å²) in [5.74, 6) is -2.21. The summed E-state index contributed by atoms with van der Waals surface area (Å²) in [6.45, 7) is 1.27. The molecule has 4 amide bonds. The first-order chi connectivity index (χ1) is 14.2. The molecular formula is C20H14I2N2O6. The van der Waals surface area contributed by atoms with Crippen molar-refractivity contribution in [2.45, 2.75) is 6.92 Å². The minimum atomic E-state index is -1.10. The topological polar surface area (TPSA) is 113 Å². The number of hydrogen-bond donors (Lipinski definition) is 2. The van der Waals surface area contributed by atoms with Crippen LogP contribution in [0.2, 0.25) is 0 Å². The summed E-state index contributed by atoms with van der Waals surface area (Å²) in [4.78, 5) is 49.4. The van der Waals surface area contributed by atoms with Gasteiger partial charge < -0.3 is 9.84 Å². The second-order valence-corrected chi connectivity index (χ2v) is 8.56. The first kappa shape index (κ1) is 22.2. The van der Waals surface area contributed by atoms with Crippen LogP contribution in [0.15, 0.2) is 42.0 Å². The van der Waals surface area contributed by atoms with Gasteiger partial charge in [0.1, 0.15) is 11.3 Å². The molecule has 8 nitrogen and oxygen atoms in total. The summed E-state index contributed by atoms with van der Waals surface area (Å²) in [7, 11) is 0. The number of benzene rings is 2. The number of aliphatic carboxylic acids is 1. The molecule has 0 aliphatic carbocycles. The number of aryl methyl sites for hydroxylation is 1. The van der Waals surface area contributed by atoms with Crippen LogP contribution in [0.3, 0.4) is 0 Å². The van der Waals surface area contributed by atoms with Crippen molar-refractivity contribution < 1.29 is 29.0 Å². The highest BCUT2D eigenvalue weighted by Gasteiger charge is 2.37. The van der Waals surface area contributed by atoms with Crippen molar-refractivity contribution in [1.82, 2.24) is 5.32 Å². The molecule has 0 aromatic heterocycles. The number of carbonyl (C=O) groups excluding carboxylic acids is 3. The largest absolute Gasteiger partial charge is 0.480 e. The van der Waals surface area contributed by atoms with Gasteiger partial charge in [0.2, 0.25) is 0 Å².